The number of carbonyl (C=O) groups excluding carboxylic acids is 1. The molecule has 4 rings (SSSR count). The van der Waals surface area contributed by atoms with Crippen LogP contribution in [0.2, 0.25) is 0 Å². The van der Waals surface area contributed by atoms with E-state index in [-0.39, 0.29) is 18.2 Å². The molecule has 0 spiro atoms. The highest BCUT2D eigenvalue weighted by molar-refractivity contribution is 5.94. The monoisotopic (exact) mass is 451 g/mol. The van der Waals surface area contributed by atoms with E-state index in [4.69, 9.17) is 9.72 Å². The van der Waals surface area contributed by atoms with Crippen LogP contribution in [0, 0.1) is 16.0 Å². The van der Waals surface area contributed by atoms with Crippen LogP contribution in [-0.2, 0) is 17.9 Å². The molecule has 1 amide bonds. The summed E-state index contributed by atoms with van der Waals surface area (Å²) in [5.41, 5.74) is 2.53. The molecule has 0 bridgehead atoms. The lowest BCUT2D eigenvalue weighted by atomic mass is 9.99. The molecule has 0 atom stereocenters. The number of nitro groups is 1. The van der Waals surface area contributed by atoms with Gasteiger partial charge in [0.05, 0.1) is 22.5 Å². The molecule has 33 heavy (non-hydrogen) atoms. The Hall–Kier alpha value is -3.46. The number of hydrogen-bond acceptors (Lipinski definition) is 6. The number of rotatable bonds is 8. The first-order chi connectivity index (χ1) is 15.9. The molecular formula is C24H29N5O4. The largest absolute Gasteiger partial charge is 0.484 e. The molecule has 0 aliphatic carbocycles. The van der Waals surface area contributed by atoms with Gasteiger partial charge < -0.3 is 14.6 Å². The number of anilines is 1. The summed E-state index contributed by atoms with van der Waals surface area (Å²) < 4.78 is 7.67. The van der Waals surface area contributed by atoms with Gasteiger partial charge >= 0.3 is 0 Å². The maximum absolute atomic E-state index is 12.3. The smallest absolute Gasteiger partial charge is 0.269 e. The molecule has 1 aliphatic heterocycles. The number of nitrogens with one attached hydrogen (secondary N) is 1. The number of nitrogens with zero attached hydrogens (tertiary/aromatic N) is 4. The summed E-state index contributed by atoms with van der Waals surface area (Å²) in [5, 5.41) is 13.6. The molecule has 1 N–H and O–H groups in total. The molecule has 9 heteroatoms. The summed E-state index contributed by atoms with van der Waals surface area (Å²) in [5.74, 6) is 1.92. The van der Waals surface area contributed by atoms with Crippen molar-refractivity contribution >= 4 is 28.3 Å². The van der Waals surface area contributed by atoms with Crippen molar-refractivity contribution in [2.75, 3.05) is 25.0 Å². The van der Waals surface area contributed by atoms with Crippen molar-refractivity contribution in [3.63, 3.8) is 0 Å². The summed E-state index contributed by atoms with van der Waals surface area (Å²) in [6, 6.07) is 11.4. The van der Waals surface area contributed by atoms with Gasteiger partial charge in [-0.3, -0.25) is 19.8 Å². The average molecular weight is 452 g/mol. The molecule has 1 fully saturated rings. The van der Waals surface area contributed by atoms with Gasteiger partial charge in [-0.2, -0.15) is 0 Å². The fraction of sp³-hybridized carbons (Fsp3) is 0.417. The molecule has 1 aromatic heterocycles. The third-order valence-corrected chi connectivity index (χ3v) is 6.09. The molecule has 1 aliphatic rings. The van der Waals surface area contributed by atoms with Crippen LogP contribution in [0.15, 0.2) is 42.5 Å². The summed E-state index contributed by atoms with van der Waals surface area (Å²) >= 11 is 0. The molecule has 3 aromatic rings. The molecule has 1 saturated heterocycles. The number of likely N-dealkylation sites (tertiary alicyclic amines) is 1. The zero-order chi connectivity index (χ0) is 23.4. The standard InChI is InChI=1S/C24H29N5O4/c1-3-28-22-9-4-18(14-21(22)26-23(28)15-27-12-10-17(2)11-13-27)25-24(30)16-33-20-7-5-19(6-8-20)29(31)32/h4-9,14,17H,3,10-13,15-16H2,1-2H3,(H,25,30). The van der Waals surface area contributed by atoms with E-state index in [1.807, 2.05) is 18.2 Å². The predicted molar refractivity (Wildman–Crippen MR) is 126 cm³/mol. The minimum Gasteiger partial charge on any atom is -0.484 e. The highest BCUT2D eigenvalue weighted by Gasteiger charge is 2.19. The zero-order valence-corrected chi connectivity index (χ0v) is 19.0. The van der Waals surface area contributed by atoms with Crippen molar-refractivity contribution in [1.82, 2.24) is 14.5 Å². The Labute approximate surface area is 192 Å². The number of piperidine rings is 1. The first kappa shape index (κ1) is 22.7. The maximum Gasteiger partial charge on any atom is 0.269 e. The van der Waals surface area contributed by atoms with Crippen LogP contribution in [0.4, 0.5) is 11.4 Å². The minimum atomic E-state index is -0.481. The van der Waals surface area contributed by atoms with Gasteiger partial charge in [0.25, 0.3) is 11.6 Å². The summed E-state index contributed by atoms with van der Waals surface area (Å²) in [6.07, 6.45) is 2.45. The quantitative estimate of drug-likeness (QED) is 0.406. The van der Waals surface area contributed by atoms with E-state index in [1.165, 1.54) is 37.1 Å². The Morgan fingerprint density at radius 2 is 1.94 bits per heavy atom. The van der Waals surface area contributed by atoms with Crippen molar-refractivity contribution < 1.29 is 14.5 Å². The molecule has 9 nitrogen and oxygen atoms in total. The third-order valence-electron chi connectivity index (χ3n) is 6.09. The topological polar surface area (TPSA) is 103 Å². The SMILES string of the molecule is CCn1c(CN2CCC(C)CC2)nc2cc(NC(=O)COc3ccc([N+](=O)[O-])cc3)ccc21. The van der Waals surface area contributed by atoms with Gasteiger partial charge in [0.1, 0.15) is 11.6 Å². The third kappa shape index (κ3) is 5.48. The van der Waals surface area contributed by atoms with E-state index >= 15 is 0 Å². The lowest BCUT2D eigenvalue weighted by molar-refractivity contribution is -0.384. The molecule has 0 saturated carbocycles. The van der Waals surface area contributed by atoms with E-state index in [2.05, 4.69) is 28.6 Å². The van der Waals surface area contributed by atoms with E-state index in [9.17, 15) is 14.9 Å². The second-order valence-corrected chi connectivity index (χ2v) is 8.52. The van der Waals surface area contributed by atoms with Crippen LogP contribution in [0.5, 0.6) is 5.75 Å². The Morgan fingerprint density at radius 3 is 2.61 bits per heavy atom. The number of imidazole rings is 1. The zero-order valence-electron chi connectivity index (χ0n) is 19.0. The Bertz CT molecular complexity index is 1130. The number of carbonyl (C=O) groups is 1. The highest BCUT2D eigenvalue weighted by atomic mass is 16.6. The average Bonchev–Trinajstić information content (AvgIpc) is 3.15. The first-order valence-corrected chi connectivity index (χ1v) is 11.3. The Balaban J connectivity index is 1.39. The van der Waals surface area contributed by atoms with Gasteiger partial charge in [0.15, 0.2) is 6.61 Å². The van der Waals surface area contributed by atoms with E-state index in [0.717, 1.165) is 49.0 Å². The molecule has 0 unspecified atom stereocenters. The van der Waals surface area contributed by atoms with Crippen LogP contribution in [0.25, 0.3) is 11.0 Å². The fourth-order valence-corrected chi connectivity index (χ4v) is 4.16. The van der Waals surface area contributed by atoms with Crippen molar-refractivity contribution in [2.45, 2.75) is 39.8 Å². The van der Waals surface area contributed by atoms with E-state index in [1.54, 1.807) is 0 Å². The number of hydrogen-bond donors (Lipinski definition) is 1. The minimum absolute atomic E-state index is 0.0270. The lowest BCUT2D eigenvalue weighted by Gasteiger charge is -2.29. The maximum atomic E-state index is 12.3. The van der Waals surface area contributed by atoms with Crippen LogP contribution in [0.3, 0.4) is 0 Å². The van der Waals surface area contributed by atoms with Gasteiger partial charge in [-0.05, 0) is 69.1 Å². The first-order valence-electron chi connectivity index (χ1n) is 11.3. The molecule has 174 valence electrons. The van der Waals surface area contributed by atoms with Crippen LogP contribution in [-0.4, -0.2) is 45.0 Å². The molecule has 0 radical (unpaired) electrons. The number of non-ortho nitro benzene ring substituents is 1. The van der Waals surface area contributed by atoms with Crippen molar-refractivity contribution in [1.29, 1.82) is 0 Å². The number of fused-ring (bicyclic) bond motifs is 1. The molecule has 2 aromatic carbocycles. The normalized spacial score (nSPS) is 15.0. The van der Waals surface area contributed by atoms with E-state index in [0.29, 0.717) is 11.4 Å². The number of amides is 1. The second kappa shape index (κ2) is 9.99. The number of nitro benzene ring substituents is 1. The Kier molecular flexibility index (Phi) is 6.88. The van der Waals surface area contributed by atoms with Gasteiger partial charge in [-0.15, -0.1) is 0 Å². The van der Waals surface area contributed by atoms with Gasteiger partial charge in [0.2, 0.25) is 0 Å². The van der Waals surface area contributed by atoms with Crippen molar-refractivity contribution in [2.24, 2.45) is 5.92 Å². The van der Waals surface area contributed by atoms with Gasteiger partial charge in [0, 0.05) is 24.4 Å². The number of ether oxygens (including phenoxy) is 1. The summed E-state index contributed by atoms with van der Waals surface area (Å²) in [6.45, 7) is 8.11. The number of aromatic nitrogens is 2. The van der Waals surface area contributed by atoms with Crippen LogP contribution >= 0.6 is 0 Å². The summed E-state index contributed by atoms with van der Waals surface area (Å²) in [7, 11) is 0. The van der Waals surface area contributed by atoms with Crippen LogP contribution in [0.1, 0.15) is 32.5 Å². The lowest BCUT2D eigenvalue weighted by Crippen LogP contribution is -2.33. The summed E-state index contributed by atoms with van der Waals surface area (Å²) in [4.78, 5) is 29.9. The fourth-order valence-electron chi connectivity index (χ4n) is 4.16. The van der Waals surface area contributed by atoms with Crippen molar-refractivity contribution in [3.8, 4) is 5.75 Å². The second-order valence-electron chi connectivity index (χ2n) is 8.52. The molecule has 2 heterocycles. The molecular weight excluding hydrogens is 422 g/mol. The number of aryl methyl sites for hydroxylation is 1. The van der Waals surface area contributed by atoms with Gasteiger partial charge in [-0.1, -0.05) is 6.92 Å². The predicted octanol–water partition coefficient (Wildman–Crippen LogP) is 4.21. The Morgan fingerprint density at radius 1 is 1.21 bits per heavy atom. The highest BCUT2D eigenvalue weighted by Crippen LogP contribution is 2.24. The van der Waals surface area contributed by atoms with Gasteiger partial charge in [-0.25, -0.2) is 4.98 Å². The van der Waals surface area contributed by atoms with E-state index < -0.39 is 4.92 Å². The van der Waals surface area contributed by atoms with Crippen molar-refractivity contribution in [3.05, 3.63) is 58.4 Å². The number of benzene rings is 2. The van der Waals surface area contributed by atoms with Crippen LogP contribution < -0.4 is 10.1 Å².